The van der Waals surface area contributed by atoms with E-state index in [1.807, 2.05) is 30.3 Å². The molecule has 1 saturated heterocycles. The van der Waals surface area contributed by atoms with Crippen LogP contribution < -0.4 is 9.44 Å². The Morgan fingerprint density at radius 2 is 1.71 bits per heavy atom. The van der Waals surface area contributed by atoms with Gasteiger partial charge in [-0.05, 0) is 31.5 Å². The van der Waals surface area contributed by atoms with Gasteiger partial charge < -0.3 is 4.90 Å². The third kappa shape index (κ3) is 7.27. The number of likely N-dealkylation sites (tertiary alicyclic amines) is 1. The number of rotatable bonds is 8. The van der Waals surface area contributed by atoms with Gasteiger partial charge in [0.1, 0.15) is 9.84 Å². The monoisotopic (exact) mass is 375 g/mol. The Bertz CT molecular complexity index is 712. The highest BCUT2D eigenvalue weighted by atomic mass is 32.2. The number of sulfone groups is 1. The molecule has 0 aromatic heterocycles. The van der Waals surface area contributed by atoms with Gasteiger partial charge in [-0.2, -0.15) is 17.9 Å². The summed E-state index contributed by atoms with van der Waals surface area (Å²) in [5, 5.41) is 0. The molecule has 7 nitrogen and oxygen atoms in total. The molecule has 1 fully saturated rings. The third-order valence-corrected chi connectivity index (χ3v) is 6.09. The normalized spacial score (nSPS) is 17.9. The second-order valence-corrected chi connectivity index (χ2v) is 9.96. The van der Waals surface area contributed by atoms with Gasteiger partial charge in [-0.25, -0.2) is 8.42 Å². The molecular formula is C15H25N3O4S2. The van der Waals surface area contributed by atoms with E-state index in [0.29, 0.717) is 32.5 Å². The summed E-state index contributed by atoms with van der Waals surface area (Å²) in [6, 6.07) is 9.22. The summed E-state index contributed by atoms with van der Waals surface area (Å²) in [7, 11) is -6.51. The van der Waals surface area contributed by atoms with Crippen LogP contribution in [-0.4, -0.2) is 59.4 Å². The van der Waals surface area contributed by atoms with Crippen LogP contribution in [0.5, 0.6) is 0 Å². The maximum atomic E-state index is 12.1. The molecule has 0 saturated carbocycles. The average Bonchev–Trinajstić information content (AvgIpc) is 2.52. The second kappa shape index (κ2) is 8.39. The van der Waals surface area contributed by atoms with Crippen LogP contribution in [0.25, 0.3) is 0 Å². The fourth-order valence-corrected chi connectivity index (χ4v) is 4.31. The van der Waals surface area contributed by atoms with E-state index in [1.54, 1.807) is 0 Å². The van der Waals surface area contributed by atoms with Crippen molar-refractivity contribution in [3.63, 3.8) is 0 Å². The first-order valence-corrected chi connectivity index (χ1v) is 11.5. The number of hydrogen-bond acceptors (Lipinski definition) is 5. The van der Waals surface area contributed by atoms with E-state index in [0.717, 1.165) is 5.56 Å². The zero-order valence-electron chi connectivity index (χ0n) is 13.8. The maximum Gasteiger partial charge on any atom is 0.277 e. The van der Waals surface area contributed by atoms with Crippen LogP contribution in [-0.2, 0) is 26.6 Å². The molecule has 0 spiro atoms. The quantitative estimate of drug-likeness (QED) is 0.673. The van der Waals surface area contributed by atoms with E-state index in [9.17, 15) is 16.8 Å². The first-order chi connectivity index (χ1) is 11.2. The fourth-order valence-electron chi connectivity index (χ4n) is 2.60. The van der Waals surface area contributed by atoms with Crippen LogP contribution >= 0.6 is 0 Å². The first-order valence-electron chi connectivity index (χ1n) is 7.94. The minimum absolute atomic E-state index is 0.118. The number of nitrogens with zero attached hydrogens (tertiary/aromatic N) is 1. The van der Waals surface area contributed by atoms with Crippen molar-refractivity contribution in [1.29, 1.82) is 0 Å². The highest BCUT2D eigenvalue weighted by Gasteiger charge is 2.23. The lowest BCUT2D eigenvalue weighted by Gasteiger charge is -2.31. The smallest absolute Gasteiger partial charge is 0.277 e. The molecule has 0 bridgehead atoms. The molecule has 24 heavy (non-hydrogen) atoms. The molecule has 0 amide bonds. The topological polar surface area (TPSA) is 95.6 Å². The molecule has 0 atom stereocenters. The van der Waals surface area contributed by atoms with Crippen molar-refractivity contribution >= 4 is 20.0 Å². The minimum Gasteiger partial charge on any atom is -0.302 e. The molecule has 2 N–H and O–H groups in total. The fraction of sp³-hybridized carbons (Fsp3) is 0.600. The lowest BCUT2D eigenvalue weighted by molar-refractivity contribution is 0.217. The SMILES string of the molecule is CS(=O)(=O)CCN1CCC(NS(=O)(=O)NCc2ccccc2)CC1. The summed E-state index contributed by atoms with van der Waals surface area (Å²) >= 11 is 0. The highest BCUT2D eigenvalue weighted by Crippen LogP contribution is 2.11. The van der Waals surface area contributed by atoms with E-state index in [2.05, 4.69) is 14.3 Å². The van der Waals surface area contributed by atoms with Crippen LogP contribution in [0, 0.1) is 0 Å². The summed E-state index contributed by atoms with van der Waals surface area (Å²) in [5.74, 6) is 0.141. The molecule has 9 heteroatoms. The van der Waals surface area contributed by atoms with Gasteiger partial charge in [0.15, 0.2) is 0 Å². The van der Waals surface area contributed by atoms with Crippen LogP contribution in [0.1, 0.15) is 18.4 Å². The molecule has 1 aliphatic rings. The Morgan fingerprint density at radius 1 is 1.08 bits per heavy atom. The van der Waals surface area contributed by atoms with Crippen LogP contribution in [0.4, 0.5) is 0 Å². The number of nitrogens with one attached hydrogen (secondary N) is 2. The van der Waals surface area contributed by atoms with Crippen LogP contribution in [0.3, 0.4) is 0 Å². The molecule has 1 aromatic carbocycles. The van der Waals surface area contributed by atoms with Crippen LogP contribution in [0.2, 0.25) is 0 Å². The predicted octanol–water partition coefficient (Wildman–Crippen LogP) is 0.120. The molecular weight excluding hydrogens is 350 g/mol. The summed E-state index contributed by atoms with van der Waals surface area (Å²) in [6.45, 7) is 2.15. The van der Waals surface area contributed by atoms with Crippen molar-refractivity contribution in [2.45, 2.75) is 25.4 Å². The molecule has 0 aliphatic carbocycles. The lowest BCUT2D eigenvalue weighted by Crippen LogP contribution is -2.48. The minimum atomic E-state index is -3.55. The van der Waals surface area contributed by atoms with E-state index >= 15 is 0 Å². The van der Waals surface area contributed by atoms with Crippen molar-refractivity contribution in [3.05, 3.63) is 35.9 Å². The average molecular weight is 376 g/mol. The lowest BCUT2D eigenvalue weighted by atomic mass is 10.1. The standard InChI is InChI=1S/C15H25N3O4S2/c1-23(19,20)12-11-18-9-7-15(8-10-18)17-24(21,22)16-13-14-5-3-2-4-6-14/h2-6,15-17H,7-13H2,1H3. The summed E-state index contributed by atoms with van der Waals surface area (Å²) in [6.07, 6.45) is 2.58. The Balaban J connectivity index is 1.74. The van der Waals surface area contributed by atoms with Gasteiger partial charge in [-0.1, -0.05) is 30.3 Å². The summed E-state index contributed by atoms with van der Waals surface area (Å²) < 4.78 is 51.8. The Kier molecular flexibility index (Phi) is 6.76. The van der Waals surface area contributed by atoms with Gasteiger partial charge in [0.2, 0.25) is 0 Å². The van der Waals surface area contributed by atoms with E-state index < -0.39 is 20.0 Å². The zero-order valence-corrected chi connectivity index (χ0v) is 15.4. The second-order valence-electron chi connectivity index (χ2n) is 6.17. The number of piperidine rings is 1. The van der Waals surface area contributed by atoms with E-state index in [-0.39, 0.29) is 18.3 Å². The number of hydrogen-bond donors (Lipinski definition) is 2. The third-order valence-electron chi connectivity index (χ3n) is 4.00. The van der Waals surface area contributed by atoms with Crippen molar-refractivity contribution in [1.82, 2.24) is 14.3 Å². The van der Waals surface area contributed by atoms with Crippen molar-refractivity contribution in [3.8, 4) is 0 Å². The van der Waals surface area contributed by atoms with Gasteiger partial charge in [0, 0.05) is 25.4 Å². The molecule has 136 valence electrons. The van der Waals surface area contributed by atoms with Crippen LogP contribution in [0.15, 0.2) is 30.3 Å². The Labute approximate surface area is 144 Å². The molecule has 1 heterocycles. The van der Waals surface area contributed by atoms with Gasteiger partial charge in [0.05, 0.1) is 5.75 Å². The van der Waals surface area contributed by atoms with Crippen molar-refractivity contribution < 1.29 is 16.8 Å². The van der Waals surface area contributed by atoms with Gasteiger partial charge >= 0.3 is 0 Å². The molecule has 1 aliphatic heterocycles. The zero-order chi connectivity index (χ0) is 17.6. The molecule has 0 unspecified atom stereocenters. The van der Waals surface area contributed by atoms with Crippen molar-refractivity contribution in [2.75, 3.05) is 31.6 Å². The van der Waals surface area contributed by atoms with Gasteiger partial charge in [0.25, 0.3) is 10.2 Å². The molecule has 2 rings (SSSR count). The van der Waals surface area contributed by atoms with Gasteiger partial charge in [-0.15, -0.1) is 0 Å². The van der Waals surface area contributed by atoms with E-state index in [4.69, 9.17) is 0 Å². The highest BCUT2D eigenvalue weighted by molar-refractivity contribution is 7.90. The maximum absolute atomic E-state index is 12.1. The Morgan fingerprint density at radius 3 is 2.29 bits per heavy atom. The predicted molar refractivity (Wildman–Crippen MR) is 94.5 cm³/mol. The molecule has 0 radical (unpaired) electrons. The first kappa shape index (κ1) is 19.3. The van der Waals surface area contributed by atoms with E-state index in [1.165, 1.54) is 6.26 Å². The number of benzene rings is 1. The Hall–Kier alpha value is -1.00. The van der Waals surface area contributed by atoms with Crippen molar-refractivity contribution in [2.24, 2.45) is 0 Å². The molecule has 1 aromatic rings. The summed E-state index contributed by atoms with van der Waals surface area (Å²) in [5.41, 5.74) is 0.901. The van der Waals surface area contributed by atoms with Gasteiger partial charge in [-0.3, -0.25) is 0 Å². The summed E-state index contributed by atoms with van der Waals surface area (Å²) in [4.78, 5) is 2.06. The largest absolute Gasteiger partial charge is 0.302 e.